The average molecular weight is 272 g/mol. The van der Waals surface area contributed by atoms with E-state index in [0.29, 0.717) is 12.0 Å². The molecular weight excluding hydrogens is 252 g/mol. The summed E-state index contributed by atoms with van der Waals surface area (Å²) in [6.07, 6.45) is -1.42. The molecule has 3 nitrogen and oxygen atoms in total. The Hall–Kier alpha value is -1.84. The van der Waals surface area contributed by atoms with Gasteiger partial charge in [-0.2, -0.15) is 0 Å². The maximum Gasteiger partial charge on any atom is 0.122 e. The normalized spacial score (nSPS) is 13.8. The van der Waals surface area contributed by atoms with Crippen molar-refractivity contribution in [3.8, 4) is 5.75 Å². The van der Waals surface area contributed by atoms with Crippen LogP contribution in [0.2, 0.25) is 0 Å². The number of hydrogen-bond acceptors (Lipinski definition) is 3. The fourth-order valence-corrected chi connectivity index (χ4v) is 2.28. The van der Waals surface area contributed by atoms with Gasteiger partial charge in [-0.25, -0.2) is 0 Å². The molecule has 0 amide bonds. The van der Waals surface area contributed by atoms with Crippen molar-refractivity contribution in [2.75, 3.05) is 7.11 Å². The van der Waals surface area contributed by atoms with Crippen LogP contribution in [0.1, 0.15) is 22.8 Å². The average Bonchev–Trinajstić information content (AvgIpc) is 2.47. The minimum Gasteiger partial charge on any atom is -0.496 e. The quantitative estimate of drug-likeness (QED) is 0.879. The molecule has 20 heavy (non-hydrogen) atoms. The predicted molar refractivity (Wildman–Crippen MR) is 78.8 cm³/mol. The van der Waals surface area contributed by atoms with Crippen molar-refractivity contribution in [3.63, 3.8) is 0 Å². The summed E-state index contributed by atoms with van der Waals surface area (Å²) in [6.45, 7) is 1.99. The van der Waals surface area contributed by atoms with Crippen LogP contribution >= 0.6 is 0 Å². The van der Waals surface area contributed by atoms with E-state index in [-0.39, 0.29) is 0 Å². The molecule has 0 bridgehead atoms. The van der Waals surface area contributed by atoms with Crippen molar-refractivity contribution < 1.29 is 14.9 Å². The molecule has 0 aromatic heterocycles. The first-order valence-corrected chi connectivity index (χ1v) is 6.66. The minimum absolute atomic E-state index is 0.348. The van der Waals surface area contributed by atoms with E-state index in [2.05, 4.69) is 0 Å². The van der Waals surface area contributed by atoms with Gasteiger partial charge in [0.25, 0.3) is 0 Å². The van der Waals surface area contributed by atoms with E-state index in [4.69, 9.17) is 4.74 Å². The van der Waals surface area contributed by atoms with Crippen LogP contribution in [0.4, 0.5) is 0 Å². The van der Waals surface area contributed by atoms with E-state index in [1.807, 2.05) is 43.3 Å². The van der Waals surface area contributed by atoms with Crippen molar-refractivity contribution in [1.82, 2.24) is 0 Å². The highest BCUT2D eigenvalue weighted by molar-refractivity contribution is 5.37. The molecule has 0 saturated heterocycles. The van der Waals surface area contributed by atoms with Crippen LogP contribution in [-0.4, -0.2) is 23.4 Å². The number of methoxy groups -OCH3 is 1. The Kier molecular flexibility index (Phi) is 4.77. The van der Waals surface area contributed by atoms with Crippen LogP contribution in [0.5, 0.6) is 5.75 Å². The predicted octanol–water partition coefficient (Wildman–Crippen LogP) is 2.64. The highest BCUT2D eigenvalue weighted by Crippen LogP contribution is 2.25. The molecule has 2 atom stereocenters. The number of aliphatic hydroxyl groups excluding tert-OH is 2. The van der Waals surface area contributed by atoms with Crippen LogP contribution < -0.4 is 4.74 Å². The molecule has 0 aliphatic heterocycles. The van der Waals surface area contributed by atoms with Crippen molar-refractivity contribution >= 4 is 0 Å². The Morgan fingerprint density at radius 3 is 2.40 bits per heavy atom. The van der Waals surface area contributed by atoms with Crippen LogP contribution in [0.15, 0.2) is 48.5 Å². The molecule has 2 unspecified atom stereocenters. The number of aliphatic hydroxyl groups is 2. The molecule has 106 valence electrons. The van der Waals surface area contributed by atoms with Crippen molar-refractivity contribution in [2.45, 2.75) is 25.6 Å². The zero-order chi connectivity index (χ0) is 14.5. The zero-order valence-electron chi connectivity index (χ0n) is 11.8. The molecule has 2 rings (SSSR count). The summed E-state index contributed by atoms with van der Waals surface area (Å²) in [6, 6.07) is 15.0. The van der Waals surface area contributed by atoms with E-state index in [0.717, 1.165) is 16.9 Å². The molecule has 0 aliphatic carbocycles. The summed E-state index contributed by atoms with van der Waals surface area (Å²) in [5.41, 5.74) is 2.71. The van der Waals surface area contributed by atoms with Gasteiger partial charge >= 0.3 is 0 Å². The van der Waals surface area contributed by atoms with Gasteiger partial charge < -0.3 is 14.9 Å². The van der Waals surface area contributed by atoms with Crippen LogP contribution in [0.3, 0.4) is 0 Å². The van der Waals surface area contributed by atoms with E-state index >= 15 is 0 Å². The summed E-state index contributed by atoms with van der Waals surface area (Å²) in [5, 5.41) is 20.4. The Bertz CT molecular complexity index is 551. The number of hydrogen-bond donors (Lipinski definition) is 2. The van der Waals surface area contributed by atoms with E-state index in [1.165, 1.54) is 0 Å². The first kappa shape index (κ1) is 14.6. The maximum absolute atomic E-state index is 10.2. The Morgan fingerprint density at radius 1 is 1.05 bits per heavy atom. The lowest BCUT2D eigenvalue weighted by Gasteiger charge is -2.19. The Labute approximate surface area is 119 Å². The van der Waals surface area contributed by atoms with Crippen molar-refractivity contribution in [2.24, 2.45) is 0 Å². The number of aryl methyl sites for hydroxylation is 1. The monoisotopic (exact) mass is 272 g/mol. The van der Waals surface area contributed by atoms with Crippen molar-refractivity contribution in [1.29, 1.82) is 0 Å². The molecule has 0 fully saturated rings. The fraction of sp³-hybridized carbons (Fsp3) is 0.294. The smallest absolute Gasteiger partial charge is 0.122 e. The van der Waals surface area contributed by atoms with Gasteiger partial charge in [-0.15, -0.1) is 0 Å². The first-order valence-electron chi connectivity index (χ1n) is 6.66. The molecule has 2 aromatic rings. The Morgan fingerprint density at radius 2 is 1.75 bits per heavy atom. The van der Waals surface area contributed by atoms with Gasteiger partial charge in [0.15, 0.2) is 0 Å². The van der Waals surface area contributed by atoms with Gasteiger partial charge in [0, 0.05) is 6.42 Å². The largest absolute Gasteiger partial charge is 0.496 e. The van der Waals surface area contributed by atoms with Gasteiger partial charge in [-0.1, -0.05) is 48.0 Å². The Balaban J connectivity index is 2.15. The second-order valence-electron chi connectivity index (χ2n) is 4.94. The molecule has 2 N–H and O–H groups in total. The zero-order valence-corrected chi connectivity index (χ0v) is 11.8. The van der Waals surface area contributed by atoms with Gasteiger partial charge in [0.05, 0.1) is 13.2 Å². The topological polar surface area (TPSA) is 49.7 Å². The fourth-order valence-electron chi connectivity index (χ4n) is 2.28. The molecular formula is C17H20O3. The third kappa shape index (κ3) is 3.38. The van der Waals surface area contributed by atoms with Crippen molar-refractivity contribution in [3.05, 3.63) is 65.2 Å². The second kappa shape index (κ2) is 6.55. The van der Waals surface area contributed by atoms with E-state index in [9.17, 15) is 10.2 Å². The SMILES string of the molecule is COc1ccc(C)cc1CC(O)C(O)c1ccccc1. The lowest BCUT2D eigenvalue weighted by atomic mass is 9.97. The van der Waals surface area contributed by atoms with Crippen LogP contribution in [0.25, 0.3) is 0 Å². The third-order valence-electron chi connectivity index (χ3n) is 3.37. The number of benzene rings is 2. The lowest BCUT2D eigenvalue weighted by molar-refractivity contribution is 0.0187. The van der Waals surface area contributed by atoms with Gasteiger partial charge in [0.2, 0.25) is 0 Å². The van der Waals surface area contributed by atoms with E-state index < -0.39 is 12.2 Å². The molecule has 0 heterocycles. The molecule has 3 heteroatoms. The summed E-state index contributed by atoms with van der Waals surface area (Å²) in [4.78, 5) is 0. The molecule has 0 spiro atoms. The second-order valence-corrected chi connectivity index (χ2v) is 4.94. The van der Waals surface area contributed by atoms with Crippen LogP contribution in [0, 0.1) is 6.92 Å². The van der Waals surface area contributed by atoms with E-state index in [1.54, 1.807) is 19.2 Å². The van der Waals surface area contributed by atoms with Gasteiger partial charge in [0.1, 0.15) is 11.9 Å². The lowest BCUT2D eigenvalue weighted by Crippen LogP contribution is -2.21. The number of rotatable bonds is 5. The number of ether oxygens (including phenoxy) is 1. The molecule has 0 radical (unpaired) electrons. The molecule has 0 saturated carbocycles. The third-order valence-corrected chi connectivity index (χ3v) is 3.37. The standard InChI is InChI=1S/C17H20O3/c1-12-8-9-16(20-2)14(10-12)11-15(18)17(19)13-6-4-3-5-7-13/h3-10,15,17-19H,11H2,1-2H3. The summed E-state index contributed by atoms with van der Waals surface area (Å²) in [7, 11) is 1.61. The summed E-state index contributed by atoms with van der Waals surface area (Å²) < 4.78 is 5.29. The maximum atomic E-state index is 10.2. The molecule has 0 aliphatic rings. The first-order chi connectivity index (χ1) is 9.61. The van der Waals surface area contributed by atoms with Gasteiger partial charge in [-0.3, -0.25) is 0 Å². The molecule has 2 aromatic carbocycles. The summed E-state index contributed by atoms with van der Waals surface area (Å²) >= 11 is 0. The van der Waals surface area contributed by atoms with Crippen LogP contribution in [-0.2, 0) is 6.42 Å². The highest BCUT2D eigenvalue weighted by Gasteiger charge is 2.20. The highest BCUT2D eigenvalue weighted by atomic mass is 16.5. The van der Waals surface area contributed by atoms with Gasteiger partial charge in [-0.05, 0) is 24.1 Å². The minimum atomic E-state index is -0.901. The summed E-state index contributed by atoms with van der Waals surface area (Å²) in [5.74, 6) is 0.731.